The second-order valence-electron chi connectivity index (χ2n) is 4.68. The lowest BCUT2D eigenvalue weighted by atomic mass is 10.1. The van der Waals surface area contributed by atoms with Crippen LogP contribution in [0.1, 0.15) is 16.7 Å². The van der Waals surface area contributed by atoms with Crippen molar-refractivity contribution in [3.8, 4) is 0 Å². The molecule has 0 spiro atoms. The van der Waals surface area contributed by atoms with E-state index in [0.717, 1.165) is 11.3 Å². The summed E-state index contributed by atoms with van der Waals surface area (Å²) in [7, 11) is 0. The van der Waals surface area contributed by atoms with Gasteiger partial charge in [-0.1, -0.05) is 30.0 Å². The van der Waals surface area contributed by atoms with Crippen LogP contribution in [0.15, 0.2) is 34.3 Å². The van der Waals surface area contributed by atoms with E-state index < -0.39 is 0 Å². The zero-order valence-electron chi connectivity index (χ0n) is 11.2. The van der Waals surface area contributed by atoms with Crippen molar-refractivity contribution in [2.45, 2.75) is 24.6 Å². The maximum Gasteiger partial charge on any atom is 0.347 e. The van der Waals surface area contributed by atoms with E-state index in [1.165, 1.54) is 28.5 Å². The summed E-state index contributed by atoms with van der Waals surface area (Å²) in [5.41, 5.74) is 4.73. The molecule has 0 unspecified atom stereocenters. The number of aromatic nitrogens is 4. The molecule has 0 amide bonds. The average molecular weight is 286 g/mol. The van der Waals surface area contributed by atoms with E-state index in [2.05, 4.69) is 52.0 Å². The van der Waals surface area contributed by atoms with Gasteiger partial charge in [-0.05, 0) is 30.5 Å². The van der Waals surface area contributed by atoms with Crippen LogP contribution in [-0.2, 0) is 5.75 Å². The molecule has 3 rings (SSSR count). The lowest BCUT2D eigenvalue weighted by Crippen LogP contribution is -2.10. The molecule has 0 aliphatic heterocycles. The minimum absolute atomic E-state index is 0.368. The zero-order chi connectivity index (χ0) is 14.1. The van der Waals surface area contributed by atoms with E-state index in [1.807, 2.05) is 0 Å². The number of nitrogens with one attached hydrogen (secondary N) is 2. The van der Waals surface area contributed by atoms with Gasteiger partial charge in [0, 0.05) is 5.75 Å². The van der Waals surface area contributed by atoms with Gasteiger partial charge in [0.15, 0.2) is 5.65 Å². The van der Waals surface area contributed by atoms with Crippen LogP contribution in [0.5, 0.6) is 0 Å². The molecule has 0 fully saturated rings. The molecule has 0 bridgehead atoms. The summed E-state index contributed by atoms with van der Waals surface area (Å²) in [5.74, 6) is 0.770. The molecule has 2 aromatic heterocycles. The van der Waals surface area contributed by atoms with Crippen LogP contribution in [0, 0.1) is 13.8 Å². The molecule has 0 atom stereocenters. The summed E-state index contributed by atoms with van der Waals surface area (Å²) in [6, 6.07) is 6.38. The molecule has 1 aromatic carbocycles. The van der Waals surface area contributed by atoms with Gasteiger partial charge in [0.1, 0.15) is 10.5 Å². The number of imidazole rings is 1. The Balaban J connectivity index is 1.88. The van der Waals surface area contributed by atoms with E-state index in [0.29, 0.717) is 10.7 Å². The van der Waals surface area contributed by atoms with Gasteiger partial charge in [-0.15, -0.1) is 0 Å². The molecule has 102 valence electrons. The number of hydrogen-bond acceptors (Lipinski definition) is 4. The first-order chi connectivity index (χ1) is 9.63. The van der Waals surface area contributed by atoms with Crippen LogP contribution in [0.4, 0.5) is 0 Å². The summed E-state index contributed by atoms with van der Waals surface area (Å²) >= 11 is 1.53. The Labute approximate surface area is 119 Å². The van der Waals surface area contributed by atoms with Crippen molar-refractivity contribution in [3.05, 3.63) is 51.7 Å². The normalized spacial score (nSPS) is 11.1. The van der Waals surface area contributed by atoms with E-state index in [-0.39, 0.29) is 5.69 Å². The predicted molar refractivity (Wildman–Crippen MR) is 80.0 cm³/mol. The lowest BCUT2D eigenvalue weighted by Gasteiger charge is -2.05. The van der Waals surface area contributed by atoms with Gasteiger partial charge < -0.3 is 4.98 Å². The molecule has 0 aliphatic rings. The Kier molecular flexibility index (Phi) is 3.31. The fourth-order valence-electron chi connectivity index (χ4n) is 1.98. The number of aromatic amines is 2. The monoisotopic (exact) mass is 286 g/mol. The summed E-state index contributed by atoms with van der Waals surface area (Å²) < 4.78 is 0. The molecule has 0 saturated carbocycles. The Morgan fingerprint density at radius 3 is 2.90 bits per heavy atom. The molecule has 6 heteroatoms. The highest BCUT2D eigenvalue weighted by molar-refractivity contribution is 7.98. The van der Waals surface area contributed by atoms with Crippen molar-refractivity contribution < 1.29 is 0 Å². The maximum atomic E-state index is 11.5. The molecular formula is C14H14N4OS. The summed E-state index contributed by atoms with van der Waals surface area (Å²) in [6.45, 7) is 4.20. The van der Waals surface area contributed by atoms with Crippen molar-refractivity contribution in [1.29, 1.82) is 0 Å². The average Bonchev–Trinajstić information content (AvgIpc) is 2.88. The fraction of sp³-hybridized carbons (Fsp3) is 0.214. The Morgan fingerprint density at radius 2 is 2.10 bits per heavy atom. The Hall–Kier alpha value is -2.08. The van der Waals surface area contributed by atoms with Crippen LogP contribution < -0.4 is 5.69 Å². The molecular weight excluding hydrogens is 272 g/mol. The van der Waals surface area contributed by atoms with Crippen molar-refractivity contribution in [2.24, 2.45) is 0 Å². The first kappa shape index (κ1) is 12.9. The molecule has 5 nitrogen and oxygen atoms in total. The number of benzene rings is 1. The fourth-order valence-corrected chi connectivity index (χ4v) is 2.91. The number of H-pyrrole nitrogens is 2. The van der Waals surface area contributed by atoms with Crippen LogP contribution in [0.3, 0.4) is 0 Å². The highest BCUT2D eigenvalue weighted by Gasteiger charge is 2.08. The third kappa shape index (κ3) is 2.46. The predicted octanol–water partition coefficient (Wildman–Crippen LogP) is 2.56. The number of aryl methyl sites for hydroxylation is 2. The molecule has 2 N–H and O–H groups in total. The summed E-state index contributed by atoms with van der Waals surface area (Å²) in [5, 5.41) is 0.680. The third-order valence-corrected chi connectivity index (χ3v) is 4.28. The van der Waals surface area contributed by atoms with Gasteiger partial charge in [0.2, 0.25) is 0 Å². The standard InChI is InChI=1S/C14H14N4OS/c1-8-3-4-10(5-9(8)2)6-20-13-11-12(16-7-15-11)17-14(19)18-13/h3-5,7H,6H2,1-2H3,(H2,15,16,17,18,19). The van der Waals surface area contributed by atoms with E-state index >= 15 is 0 Å². The minimum atomic E-state index is -0.368. The molecule has 2 heterocycles. The number of fused-ring (bicyclic) bond motifs is 1. The Bertz CT molecular complexity index is 821. The molecule has 20 heavy (non-hydrogen) atoms. The molecule has 0 aliphatic carbocycles. The van der Waals surface area contributed by atoms with Crippen LogP contribution in [-0.4, -0.2) is 19.9 Å². The van der Waals surface area contributed by atoms with Gasteiger partial charge in [0.25, 0.3) is 0 Å². The first-order valence-electron chi connectivity index (χ1n) is 6.26. The van der Waals surface area contributed by atoms with Gasteiger partial charge in [0.05, 0.1) is 6.33 Å². The third-order valence-electron chi connectivity index (χ3n) is 3.23. The number of thioether (sulfide) groups is 1. The van der Waals surface area contributed by atoms with Gasteiger partial charge in [-0.25, -0.2) is 9.78 Å². The van der Waals surface area contributed by atoms with E-state index in [4.69, 9.17) is 0 Å². The second-order valence-corrected chi connectivity index (χ2v) is 5.64. The number of rotatable bonds is 3. The van der Waals surface area contributed by atoms with E-state index in [9.17, 15) is 4.79 Å². The SMILES string of the molecule is Cc1ccc(CSc2nc(=O)[nH]c3nc[nH]c23)cc1C. The minimum Gasteiger partial charge on any atom is -0.341 e. The highest BCUT2D eigenvalue weighted by atomic mass is 32.2. The van der Waals surface area contributed by atoms with Crippen LogP contribution in [0.25, 0.3) is 11.2 Å². The van der Waals surface area contributed by atoms with Gasteiger partial charge >= 0.3 is 5.69 Å². The highest BCUT2D eigenvalue weighted by Crippen LogP contribution is 2.25. The van der Waals surface area contributed by atoms with Gasteiger partial charge in [-0.2, -0.15) is 4.98 Å². The van der Waals surface area contributed by atoms with Crippen molar-refractivity contribution in [1.82, 2.24) is 19.9 Å². The van der Waals surface area contributed by atoms with Crippen molar-refractivity contribution in [3.63, 3.8) is 0 Å². The maximum absolute atomic E-state index is 11.5. The molecule has 0 saturated heterocycles. The quantitative estimate of drug-likeness (QED) is 0.573. The summed E-state index contributed by atoms with van der Waals surface area (Å²) in [4.78, 5) is 25.2. The zero-order valence-corrected chi connectivity index (χ0v) is 12.0. The van der Waals surface area contributed by atoms with Crippen LogP contribution >= 0.6 is 11.8 Å². The summed E-state index contributed by atoms with van der Waals surface area (Å²) in [6.07, 6.45) is 1.56. The molecule has 3 aromatic rings. The van der Waals surface area contributed by atoms with Crippen molar-refractivity contribution in [2.75, 3.05) is 0 Å². The largest absolute Gasteiger partial charge is 0.347 e. The van der Waals surface area contributed by atoms with Gasteiger partial charge in [-0.3, -0.25) is 4.98 Å². The first-order valence-corrected chi connectivity index (χ1v) is 7.24. The van der Waals surface area contributed by atoms with E-state index in [1.54, 1.807) is 6.33 Å². The Morgan fingerprint density at radius 1 is 1.25 bits per heavy atom. The second kappa shape index (κ2) is 5.13. The molecule has 0 radical (unpaired) electrons. The van der Waals surface area contributed by atoms with Crippen molar-refractivity contribution >= 4 is 22.9 Å². The van der Waals surface area contributed by atoms with Crippen LogP contribution in [0.2, 0.25) is 0 Å². The topological polar surface area (TPSA) is 74.4 Å². The lowest BCUT2D eigenvalue weighted by molar-refractivity contribution is 1.01. The number of nitrogens with zero attached hydrogens (tertiary/aromatic N) is 2. The smallest absolute Gasteiger partial charge is 0.341 e. The number of hydrogen-bond donors (Lipinski definition) is 2.